The lowest BCUT2D eigenvalue weighted by molar-refractivity contribution is 0.0991. The van der Waals surface area contributed by atoms with Crippen LogP contribution in [0.2, 0.25) is 0 Å². The summed E-state index contributed by atoms with van der Waals surface area (Å²) in [6.07, 6.45) is 5.86. The van der Waals surface area contributed by atoms with E-state index in [0.717, 1.165) is 41.7 Å². The summed E-state index contributed by atoms with van der Waals surface area (Å²) in [5.74, 6) is -0.476. The molecule has 33 heavy (non-hydrogen) atoms. The van der Waals surface area contributed by atoms with Gasteiger partial charge in [-0.3, -0.25) is 14.4 Å². The summed E-state index contributed by atoms with van der Waals surface area (Å²) in [5.41, 5.74) is 5.22. The first-order chi connectivity index (χ1) is 16.1. The van der Waals surface area contributed by atoms with E-state index < -0.39 is 0 Å². The number of ketones is 1. The van der Waals surface area contributed by atoms with Crippen LogP contribution >= 0.6 is 0 Å². The van der Waals surface area contributed by atoms with Gasteiger partial charge < -0.3 is 0 Å². The Morgan fingerprint density at radius 3 is 2.58 bits per heavy atom. The SMILES string of the molecule is Cn1ncc(-c2ccc3nnc(CC(=O)c4ccc(F)cc4)cc3c2)c1CN1CCCCC1. The van der Waals surface area contributed by atoms with Crippen molar-refractivity contribution < 1.29 is 9.18 Å². The highest BCUT2D eigenvalue weighted by Crippen LogP contribution is 2.28. The van der Waals surface area contributed by atoms with Crippen molar-refractivity contribution in [3.63, 3.8) is 0 Å². The third kappa shape index (κ3) is 4.68. The molecule has 0 bridgehead atoms. The summed E-state index contributed by atoms with van der Waals surface area (Å²) in [6.45, 7) is 3.14. The van der Waals surface area contributed by atoms with Crippen LogP contribution in [0.3, 0.4) is 0 Å². The molecule has 0 unspecified atom stereocenters. The Morgan fingerprint density at radius 2 is 1.79 bits per heavy atom. The number of likely N-dealkylation sites (tertiary alicyclic amines) is 1. The van der Waals surface area contributed by atoms with Crippen molar-refractivity contribution >= 4 is 16.7 Å². The number of aromatic nitrogens is 4. The monoisotopic (exact) mass is 443 g/mol. The van der Waals surface area contributed by atoms with Crippen LogP contribution in [-0.4, -0.2) is 43.8 Å². The Labute approximate surface area is 192 Å². The van der Waals surface area contributed by atoms with Crippen LogP contribution in [-0.2, 0) is 20.0 Å². The van der Waals surface area contributed by atoms with E-state index in [1.807, 2.05) is 30.1 Å². The Hall–Kier alpha value is -3.45. The number of piperidine rings is 1. The molecule has 2 aromatic heterocycles. The lowest BCUT2D eigenvalue weighted by Crippen LogP contribution is -2.30. The highest BCUT2D eigenvalue weighted by Gasteiger charge is 2.17. The second-order valence-corrected chi connectivity index (χ2v) is 8.68. The number of rotatable bonds is 6. The molecule has 1 aliphatic heterocycles. The zero-order valence-electron chi connectivity index (χ0n) is 18.7. The molecule has 0 saturated carbocycles. The number of fused-ring (bicyclic) bond motifs is 1. The van der Waals surface area contributed by atoms with Crippen LogP contribution in [0.15, 0.2) is 54.7 Å². The van der Waals surface area contributed by atoms with Crippen LogP contribution < -0.4 is 0 Å². The highest BCUT2D eigenvalue weighted by molar-refractivity contribution is 5.97. The highest BCUT2D eigenvalue weighted by atomic mass is 19.1. The van der Waals surface area contributed by atoms with Gasteiger partial charge in [0.05, 0.1) is 29.5 Å². The summed E-state index contributed by atoms with van der Waals surface area (Å²) in [7, 11) is 1.99. The standard InChI is InChI=1S/C26H26FN5O/c1-31-25(17-32-11-3-2-4-12-32)23(16-28-31)19-7-10-24-20(13-19)14-22(29-30-24)15-26(33)18-5-8-21(27)9-6-18/h5-10,13-14,16H,2-4,11-12,15,17H2,1H3. The summed E-state index contributed by atoms with van der Waals surface area (Å²) in [4.78, 5) is 15.1. The van der Waals surface area contributed by atoms with E-state index in [-0.39, 0.29) is 18.0 Å². The first-order valence-corrected chi connectivity index (χ1v) is 11.4. The Kier molecular flexibility index (Phi) is 5.96. The largest absolute Gasteiger partial charge is 0.298 e. The molecule has 7 heteroatoms. The maximum atomic E-state index is 13.1. The fourth-order valence-electron chi connectivity index (χ4n) is 4.46. The number of Topliss-reactive ketones (excluding diaryl/α,β-unsaturated/α-hetero) is 1. The molecule has 5 rings (SSSR count). The van der Waals surface area contributed by atoms with Gasteiger partial charge in [-0.1, -0.05) is 12.5 Å². The smallest absolute Gasteiger partial charge is 0.168 e. The van der Waals surface area contributed by atoms with Crippen molar-refractivity contribution in [3.8, 4) is 11.1 Å². The average Bonchev–Trinajstić information content (AvgIpc) is 3.19. The van der Waals surface area contributed by atoms with Gasteiger partial charge in [0.25, 0.3) is 0 Å². The fourth-order valence-corrected chi connectivity index (χ4v) is 4.46. The van der Waals surface area contributed by atoms with Crippen molar-refractivity contribution in [2.75, 3.05) is 13.1 Å². The molecule has 0 radical (unpaired) electrons. The van der Waals surface area contributed by atoms with E-state index in [1.165, 1.54) is 49.2 Å². The van der Waals surface area contributed by atoms with Gasteiger partial charge in [0.1, 0.15) is 5.82 Å². The molecule has 168 valence electrons. The van der Waals surface area contributed by atoms with E-state index in [2.05, 4.69) is 32.3 Å². The third-order valence-electron chi connectivity index (χ3n) is 6.34. The molecule has 1 fully saturated rings. The molecule has 0 N–H and O–H groups in total. The summed E-state index contributed by atoms with van der Waals surface area (Å²) in [5, 5.41) is 14.0. The van der Waals surface area contributed by atoms with Gasteiger partial charge in [-0.2, -0.15) is 15.3 Å². The van der Waals surface area contributed by atoms with Crippen LogP contribution in [0.1, 0.15) is 41.0 Å². The quantitative estimate of drug-likeness (QED) is 0.408. The number of nitrogens with zero attached hydrogens (tertiary/aromatic N) is 5. The second kappa shape index (κ2) is 9.19. The lowest BCUT2D eigenvalue weighted by atomic mass is 10.0. The first-order valence-electron chi connectivity index (χ1n) is 11.4. The molecule has 6 nitrogen and oxygen atoms in total. The summed E-state index contributed by atoms with van der Waals surface area (Å²) in [6, 6.07) is 13.6. The van der Waals surface area contributed by atoms with Crippen molar-refractivity contribution in [3.05, 3.63) is 77.5 Å². The van der Waals surface area contributed by atoms with Gasteiger partial charge in [0, 0.05) is 30.1 Å². The molecule has 0 atom stereocenters. The molecule has 0 aliphatic carbocycles. The van der Waals surface area contributed by atoms with Gasteiger partial charge in [0.2, 0.25) is 0 Å². The van der Waals surface area contributed by atoms with Gasteiger partial charge in [-0.25, -0.2) is 4.39 Å². The van der Waals surface area contributed by atoms with Gasteiger partial charge in [-0.05, 0) is 74.0 Å². The van der Waals surface area contributed by atoms with E-state index in [1.54, 1.807) is 0 Å². The van der Waals surface area contributed by atoms with Gasteiger partial charge in [-0.15, -0.1) is 0 Å². The molecule has 0 amide bonds. The number of carbonyl (C=O) groups excluding carboxylic acids is 1. The average molecular weight is 444 g/mol. The minimum Gasteiger partial charge on any atom is -0.298 e. The number of aryl methyl sites for hydroxylation is 1. The van der Waals surface area contributed by atoms with Crippen LogP contribution in [0.5, 0.6) is 0 Å². The van der Waals surface area contributed by atoms with Crippen molar-refractivity contribution in [1.29, 1.82) is 0 Å². The minimum absolute atomic E-state index is 0.115. The maximum absolute atomic E-state index is 13.1. The third-order valence-corrected chi connectivity index (χ3v) is 6.34. The molecule has 2 aromatic carbocycles. The number of carbonyl (C=O) groups is 1. The topological polar surface area (TPSA) is 63.9 Å². The predicted molar refractivity (Wildman–Crippen MR) is 125 cm³/mol. The van der Waals surface area contributed by atoms with Crippen LogP contribution in [0.4, 0.5) is 4.39 Å². The van der Waals surface area contributed by atoms with Crippen molar-refractivity contribution in [2.45, 2.75) is 32.2 Å². The predicted octanol–water partition coefficient (Wildman–Crippen LogP) is 4.58. The van der Waals surface area contributed by atoms with Gasteiger partial charge in [0.15, 0.2) is 5.78 Å². The van der Waals surface area contributed by atoms with Gasteiger partial charge >= 0.3 is 0 Å². The molecular weight excluding hydrogens is 417 g/mol. The van der Waals surface area contributed by atoms with E-state index in [9.17, 15) is 9.18 Å². The molecule has 4 aromatic rings. The summed E-state index contributed by atoms with van der Waals surface area (Å²) < 4.78 is 15.1. The zero-order chi connectivity index (χ0) is 22.8. The molecule has 3 heterocycles. The lowest BCUT2D eigenvalue weighted by Gasteiger charge is -2.26. The molecule has 1 aliphatic rings. The first kappa shape index (κ1) is 21.4. The van der Waals surface area contributed by atoms with Crippen molar-refractivity contribution in [1.82, 2.24) is 24.9 Å². The summed E-state index contributed by atoms with van der Waals surface area (Å²) >= 11 is 0. The van der Waals surface area contributed by atoms with Crippen LogP contribution in [0.25, 0.3) is 22.0 Å². The second-order valence-electron chi connectivity index (χ2n) is 8.68. The Balaban J connectivity index is 1.41. The Bertz CT molecular complexity index is 1290. The van der Waals surface area contributed by atoms with Crippen LogP contribution in [0, 0.1) is 5.82 Å². The number of halogens is 1. The number of hydrogen-bond acceptors (Lipinski definition) is 5. The molecule has 1 saturated heterocycles. The van der Waals surface area contributed by atoms with E-state index >= 15 is 0 Å². The van der Waals surface area contributed by atoms with Crippen molar-refractivity contribution in [2.24, 2.45) is 7.05 Å². The minimum atomic E-state index is -0.361. The number of benzene rings is 2. The number of hydrogen-bond donors (Lipinski definition) is 0. The molecular formula is C26H26FN5O. The van der Waals surface area contributed by atoms with E-state index in [0.29, 0.717) is 11.3 Å². The zero-order valence-corrected chi connectivity index (χ0v) is 18.7. The molecule has 0 spiro atoms. The maximum Gasteiger partial charge on any atom is 0.168 e. The Morgan fingerprint density at radius 1 is 1.00 bits per heavy atom. The normalized spacial score (nSPS) is 14.6. The van der Waals surface area contributed by atoms with E-state index in [4.69, 9.17) is 0 Å². The fraction of sp³-hybridized carbons (Fsp3) is 0.308.